The van der Waals surface area contributed by atoms with Crippen molar-refractivity contribution in [1.82, 2.24) is 25.8 Å². The number of aromatic nitrogens is 3. The molecule has 0 aliphatic carbocycles. The molecule has 0 radical (unpaired) electrons. The molecule has 1 unspecified atom stereocenters. The van der Waals surface area contributed by atoms with Gasteiger partial charge in [0.25, 0.3) is 5.91 Å². The van der Waals surface area contributed by atoms with E-state index in [0.717, 1.165) is 37.0 Å². The summed E-state index contributed by atoms with van der Waals surface area (Å²) < 4.78 is 5.47. The second-order valence-electron chi connectivity index (χ2n) is 6.80. The van der Waals surface area contributed by atoms with Gasteiger partial charge < -0.3 is 15.1 Å². The Kier molecular flexibility index (Phi) is 4.72. The Labute approximate surface area is 155 Å². The summed E-state index contributed by atoms with van der Waals surface area (Å²) in [6.45, 7) is 3.75. The van der Waals surface area contributed by atoms with E-state index in [1.807, 2.05) is 12.1 Å². The zero-order chi connectivity index (χ0) is 18.8. The van der Waals surface area contributed by atoms with E-state index < -0.39 is 11.5 Å². The van der Waals surface area contributed by atoms with Crippen LogP contribution in [0.15, 0.2) is 33.6 Å². The number of hydrogen-bond donors (Lipinski definition) is 3. The summed E-state index contributed by atoms with van der Waals surface area (Å²) >= 11 is 0. The van der Waals surface area contributed by atoms with Crippen molar-refractivity contribution in [2.45, 2.75) is 32.2 Å². The van der Waals surface area contributed by atoms with Crippen molar-refractivity contribution in [3.8, 4) is 0 Å². The number of piperidine rings is 1. The SMILES string of the molecule is Cc1cc(C2CCCNC2)oc(=O)c1C(=O)NCc1[nH]nc2ncccc12. The van der Waals surface area contributed by atoms with Crippen molar-refractivity contribution in [3.63, 3.8) is 0 Å². The van der Waals surface area contributed by atoms with E-state index in [-0.39, 0.29) is 18.0 Å². The van der Waals surface area contributed by atoms with Crippen molar-refractivity contribution in [2.24, 2.45) is 0 Å². The Morgan fingerprint density at radius 1 is 1.44 bits per heavy atom. The standard InChI is InChI=1S/C19H21N5O3/c1-11-8-15(12-4-2-6-20-9-12)27-19(26)16(11)18(25)22-10-14-13-5-3-7-21-17(13)24-23-14/h3,5,7-8,12,20H,2,4,6,9-10H2,1H3,(H,22,25)(H,21,23,24). The summed E-state index contributed by atoms with van der Waals surface area (Å²) in [4.78, 5) is 29.2. The average Bonchev–Trinajstić information content (AvgIpc) is 3.09. The topological polar surface area (TPSA) is 113 Å². The van der Waals surface area contributed by atoms with E-state index in [1.54, 1.807) is 19.2 Å². The van der Waals surface area contributed by atoms with Crippen molar-refractivity contribution in [2.75, 3.05) is 13.1 Å². The van der Waals surface area contributed by atoms with Gasteiger partial charge in [0.2, 0.25) is 0 Å². The van der Waals surface area contributed by atoms with E-state index in [4.69, 9.17) is 4.42 Å². The zero-order valence-corrected chi connectivity index (χ0v) is 15.0. The predicted octanol–water partition coefficient (Wildman–Crippen LogP) is 1.62. The Balaban J connectivity index is 1.52. The van der Waals surface area contributed by atoms with Crippen molar-refractivity contribution in [3.05, 3.63) is 57.4 Å². The maximum absolute atomic E-state index is 12.6. The third kappa shape index (κ3) is 3.48. The van der Waals surface area contributed by atoms with Gasteiger partial charge in [-0.05, 0) is 50.1 Å². The molecule has 1 aliphatic rings. The van der Waals surface area contributed by atoms with E-state index in [1.165, 1.54) is 0 Å². The first-order valence-electron chi connectivity index (χ1n) is 9.05. The van der Waals surface area contributed by atoms with Crippen molar-refractivity contribution < 1.29 is 9.21 Å². The normalized spacial score (nSPS) is 17.1. The number of carbonyl (C=O) groups excluding carboxylic acids is 1. The number of carbonyl (C=O) groups is 1. The predicted molar refractivity (Wildman–Crippen MR) is 99.6 cm³/mol. The Bertz CT molecular complexity index is 1030. The minimum absolute atomic E-state index is 0.0458. The number of hydrogen-bond acceptors (Lipinski definition) is 6. The lowest BCUT2D eigenvalue weighted by atomic mass is 9.95. The Hall–Kier alpha value is -3.00. The van der Waals surface area contributed by atoms with Crippen molar-refractivity contribution >= 4 is 16.9 Å². The van der Waals surface area contributed by atoms with Crippen LogP contribution in [0.3, 0.4) is 0 Å². The van der Waals surface area contributed by atoms with Crippen molar-refractivity contribution in [1.29, 1.82) is 0 Å². The number of H-pyrrole nitrogens is 1. The largest absolute Gasteiger partial charge is 0.427 e. The molecule has 3 aromatic heterocycles. The smallest absolute Gasteiger partial charge is 0.349 e. The van der Waals surface area contributed by atoms with Crippen LogP contribution in [0, 0.1) is 6.92 Å². The van der Waals surface area contributed by atoms with Crippen LogP contribution < -0.4 is 16.3 Å². The molecule has 3 N–H and O–H groups in total. The number of amides is 1. The fourth-order valence-electron chi connectivity index (χ4n) is 3.50. The van der Waals surface area contributed by atoms with Crippen LogP contribution >= 0.6 is 0 Å². The van der Waals surface area contributed by atoms with Gasteiger partial charge in [-0.15, -0.1) is 0 Å². The molecule has 0 bridgehead atoms. The van der Waals surface area contributed by atoms with Crippen LogP contribution in [0.25, 0.3) is 11.0 Å². The number of nitrogens with zero attached hydrogens (tertiary/aromatic N) is 2. The van der Waals surface area contributed by atoms with Crippen LogP contribution in [0.1, 0.15) is 46.1 Å². The zero-order valence-electron chi connectivity index (χ0n) is 15.0. The minimum atomic E-state index is -0.593. The van der Waals surface area contributed by atoms with Gasteiger partial charge in [0.15, 0.2) is 5.65 Å². The number of fused-ring (bicyclic) bond motifs is 1. The van der Waals surface area contributed by atoms with Gasteiger partial charge in [0.1, 0.15) is 11.3 Å². The molecular formula is C19H21N5O3. The molecule has 1 saturated heterocycles. The summed E-state index contributed by atoms with van der Waals surface area (Å²) in [5.74, 6) is 0.360. The van der Waals surface area contributed by atoms with E-state index in [9.17, 15) is 9.59 Å². The Morgan fingerprint density at radius 3 is 3.11 bits per heavy atom. The highest BCUT2D eigenvalue weighted by Crippen LogP contribution is 2.23. The van der Waals surface area contributed by atoms with Gasteiger partial charge in [0, 0.05) is 24.0 Å². The summed E-state index contributed by atoms with van der Waals surface area (Å²) in [7, 11) is 0. The van der Waals surface area contributed by atoms with Gasteiger partial charge in [-0.2, -0.15) is 5.10 Å². The molecule has 0 spiro atoms. The van der Waals surface area contributed by atoms with Crippen LogP contribution in [0.4, 0.5) is 0 Å². The average molecular weight is 367 g/mol. The molecule has 8 heteroatoms. The molecule has 1 fully saturated rings. The highest BCUT2D eigenvalue weighted by atomic mass is 16.4. The van der Waals surface area contributed by atoms with Gasteiger partial charge >= 0.3 is 5.63 Å². The molecule has 27 heavy (non-hydrogen) atoms. The number of nitrogens with one attached hydrogen (secondary N) is 3. The molecule has 4 heterocycles. The number of aromatic amines is 1. The van der Waals surface area contributed by atoms with Crippen LogP contribution in [-0.2, 0) is 6.54 Å². The molecule has 8 nitrogen and oxygen atoms in total. The molecule has 140 valence electrons. The number of aryl methyl sites for hydroxylation is 1. The fraction of sp³-hybridized carbons (Fsp3) is 0.368. The highest BCUT2D eigenvalue weighted by molar-refractivity contribution is 5.95. The maximum atomic E-state index is 12.6. The lowest BCUT2D eigenvalue weighted by molar-refractivity contribution is 0.0945. The molecular weight excluding hydrogens is 346 g/mol. The second-order valence-corrected chi connectivity index (χ2v) is 6.80. The summed E-state index contributed by atoms with van der Waals surface area (Å²) in [5, 5.41) is 13.9. The first-order valence-corrected chi connectivity index (χ1v) is 9.05. The van der Waals surface area contributed by atoms with Gasteiger partial charge in [-0.3, -0.25) is 9.89 Å². The molecule has 3 aromatic rings. The number of rotatable bonds is 4. The van der Waals surface area contributed by atoms with E-state index in [2.05, 4.69) is 25.8 Å². The molecule has 0 aromatic carbocycles. The summed E-state index contributed by atoms with van der Waals surface area (Å²) in [6.07, 6.45) is 3.67. The van der Waals surface area contributed by atoms with E-state index >= 15 is 0 Å². The second kappa shape index (κ2) is 7.32. The summed E-state index contributed by atoms with van der Waals surface area (Å²) in [6, 6.07) is 5.49. The summed E-state index contributed by atoms with van der Waals surface area (Å²) in [5.41, 5.74) is 1.40. The van der Waals surface area contributed by atoms with E-state index in [0.29, 0.717) is 17.0 Å². The maximum Gasteiger partial charge on any atom is 0.349 e. The first kappa shape index (κ1) is 17.4. The quantitative estimate of drug-likeness (QED) is 0.646. The van der Waals surface area contributed by atoms with Gasteiger partial charge in [-0.1, -0.05) is 0 Å². The lowest BCUT2D eigenvalue weighted by Crippen LogP contribution is -2.31. The fourth-order valence-corrected chi connectivity index (χ4v) is 3.50. The molecule has 1 amide bonds. The highest BCUT2D eigenvalue weighted by Gasteiger charge is 2.22. The number of pyridine rings is 1. The monoisotopic (exact) mass is 367 g/mol. The van der Waals surface area contributed by atoms with Crippen LogP contribution in [-0.4, -0.2) is 34.2 Å². The first-order chi connectivity index (χ1) is 13.1. The molecule has 1 atom stereocenters. The van der Waals surface area contributed by atoms with Gasteiger partial charge in [-0.25, -0.2) is 9.78 Å². The lowest BCUT2D eigenvalue weighted by Gasteiger charge is -2.22. The Morgan fingerprint density at radius 2 is 2.33 bits per heavy atom. The van der Waals surface area contributed by atoms with Crippen LogP contribution in [0.5, 0.6) is 0 Å². The third-order valence-electron chi connectivity index (χ3n) is 4.93. The molecule has 1 aliphatic heterocycles. The minimum Gasteiger partial charge on any atom is -0.427 e. The van der Waals surface area contributed by atoms with Crippen LogP contribution in [0.2, 0.25) is 0 Å². The van der Waals surface area contributed by atoms with Gasteiger partial charge in [0.05, 0.1) is 12.2 Å². The third-order valence-corrected chi connectivity index (χ3v) is 4.93. The molecule has 0 saturated carbocycles. The molecule has 4 rings (SSSR count).